The van der Waals surface area contributed by atoms with Crippen molar-refractivity contribution in [1.29, 1.82) is 5.26 Å². The molecule has 3 amide bonds. The largest absolute Gasteiger partial charge is 0.450 e. The van der Waals surface area contributed by atoms with Gasteiger partial charge in [-0.15, -0.1) is 0 Å². The van der Waals surface area contributed by atoms with Crippen molar-refractivity contribution >= 4 is 23.6 Å². The molecule has 0 radical (unpaired) electrons. The van der Waals surface area contributed by atoms with Gasteiger partial charge in [0.2, 0.25) is 11.8 Å². The van der Waals surface area contributed by atoms with Crippen molar-refractivity contribution in [3.63, 3.8) is 0 Å². The number of benzene rings is 1. The third kappa shape index (κ3) is 4.76. The minimum Gasteiger partial charge on any atom is -0.450 e. The van der Waals surface area contributed by atoms with Gasteiger partial charge in [-0.1, -0.05) is 0 Å². The fraction of sp³-hybridized carbons (Fsp3) is 0.474. The minimum absolute atomic E-state index is 0.294. The van der Waals surface area contributed by atoms with Crippen molar-refractivity contribution < 1.29 is 19.1 Å². The highest BCUT2D eigenvalue weighted by Crippen LogP contribution is 2.23. The average molecular weight is 372 g/mol. The highest BCUT2D eigenvalue weighted by atomic mass is 16.6. The van der Waals surface area contributed by atoms with E-state index in [1.54, 1.807) is 54.8 Å². The van der Waals surface area contributed by atoms with Crippen molar-refractivity contribution in [2.75, 3.05) is 38.1 Å². The Kier molecular flexibility index (Phi) is 6.40. The predicted molar refractivity (Wildman–Crippen MR) is 98.7 cm³/mol. The van der Waals surface area contributed by atoms with Gasteiger partial charge < -0.3 is 19.9 Å². The molecule has 0 aromatic heterocycles. The lowest BCUT2D eigenvalue weighted by Crippen LogP contribution is -2.55. The number of piperazine rings is 1. The molecule has 1 aliphatic heterocycles. The fourth-order valence-corrected chi connectivity index (χ4v) is 2.71. The summed E-state index contributed by atoms with van der Waals surface area (Å²) in [6.07, 6.45) is -0.387. The van der Waals surface area contributed by atoms with Gasteiger partial charge in [-0.25, -0.2) is 4.79 Å². The van der Waals surface area contributed by atoms with Crippen LogP contribution in [0.3, 0.4) is 0 Å². The van der Waals surface area contributed by atoms with E-state index in [4.69, 9.17) is 10.00 Å². The molecule has 0 spiro atoms. The summed E-state index contributed by atoms with van der Waals surface area (Å²) < 4.78 is 4.96. The third-order valence-electron chi connectivity index (χ3n) is 4.47. The normalized spacial score (nSPS) is 14.3. The van der Waals surface area contributed by atoms with Crippen LogP contribution in [-0.2, 0) is 14.3 Å². The number of nitriles is 1. The summed E-state index contributed by atoms with van der Waals surface area (Å²) in [6.45, 7) is 6.65. The van der Waals surface area contributed by atoms with Crippen LogP contribution < -0.4 is 5.32 Å². The zero-order chi connectivity index (χ0) is 20.0. The van der Waals surface area contributed by atoms with Crippen molar-refractivity contribution in [3.05, 3.63) is 29.8 Å². The van der Waals surface area contributed by atoms with Crippen molar-refractivity contribution in [2.24, 2.45) is 5.41 Å². The molecule has 1 aromatic rings. The molecule has 8 heteroatoms. The summed E-state index contributed by atoms with van der Waals surface area (Å²) >= 11 is 0. The van der Waals surface area contributed by atoms with E-state index in [1.807, 2.05) is 6.07 Å². The molecular weight excluding hydrogens is 348 g/mol. The minimum atomic E-state index is -1.26. The number of ether oxygens (including phenoxy) is 1. The molecule has 0 saturated carbocycles. The lowest BCUT2D eigenvalue weighted by molar-refractivity contribution is -0.147. The quantitative estimate of drug-likeness (QED) is 0.812. The van der Waals surface area contributed by atoms with E-state index in [-0.39, 0.29) is 12.0 Å². The Balaban J connectivity index is 1.96. The van der Waals surface area contributed by atoms with Gasteiger partial charge in [-0.2, -0.15) is 5.26 Å². The van der Waals surface area contributed by atoms with Crippen LogP contribution in [0.2, 0.25) is 0 Å². The molecule has 27 heavy (non-hydrogen) atoms. The molecule has 0 atom stereocenters. The molecule has 1 N–H and O–H groups in total. The summed E-state index contributed by atoms with van der Waals surface area (Å²) in [5.41, 5.74) is -0.255. The highest BCUT2D eigenvalue weighted by Gasteiger charge is 2.40. The van der Waals surface area contributed by atoms with E-state index in [0.29, 0.717) is 44.0 Å². The number of nitrogens with zero attached hydrogens (tertiary/aromatic N) is 3. The van der Waals surface area contributed by atoms with Crippen molar-refractivity contribution in [2.45, 2.75) is 20.8 Å². The van der Waals surface area contributed by atoms with Crippen LogP contribution in [0, 0.1) is 16.7 Å². The molecule has 0 aliphatic carbocycles. The molecule has 144 valence electrons. The Morgan fingerprint density at radius 1 is 1.11 bits per heavy atom. The second-order valence-corrected chi connectivity index (χ2v) is 6.75. The van der Waals surface area contributed by atoms with Crippen molar-refractivity contribution in [1.82, 2.24) is 9.80 Å². The van der Waals surface area contributed by atoms with Crippen LogP contribution in [0.15, 0.2) is 24.3 Å². The first kappa shape index (κ1) is 20.2. The zero-order valence-corrected chi connectivity index (χ0v) is 15.8. The molecule has 1 aromatic carbocycles. The maximum Gasteiger partial charge on any atom is 0.409 e. The summed E-state index contributed by atoms with van der Waals surface area (Å²) in [6, 6.07) is 8.44. The molecule has 1 saturated heterocycles. The topological polar surface area (TPSA) is 103 Å². The molecule has 8 nitrogen and oxygen atoms in total. The van der Waals surface area contributed by atoms with Gasteiger partial charge in [0.15, 0.2) is 0 Å². The molecule has 0 bridgehead atoms. The van der Waals surface area contributed by atoms with E-state index in [9.17, 15) is 14.4 Å². The third-order valence-corrected chi connectivity index (χ3v) is 4.47. The van der Waals surface area contributed by atoms with E-state index in [1.165, 1.54) is 0 Å². The van der Waals surface area contributed by atoms with Crippen LogP contribution in [0.25, 0.3) is 0 Å². The van der Waals surface area contributed by atoms with Gasteiger partial charge in [0.25, 0.3) is 0 Å². The number of rotatable bonds is 4. The summed E-state index contributed by atoms with van der Waals surface area (Å²) in [4.78, 5) is 40.4. The Bertz CT molecular complexity index is 744. The molecule has 0 unspecified atom stereocenters. The fourth-order valence-electron chi connectivity index (χ4n) is 2.71. The van der Waals surface area contributed by atoms with E-state index >= 15 is 0 Å². The van der Waals surface area contributed by atoms with Crippen LogP contribution >= 0.6 is 0 Å². The number of anilines is 1. The van der Waals surface area contributed by atoms with Gasteiger partial charge in [0.1, 0.15) is 5.41 Å². The monoisotopic (exact) mass is 372 g/mol. The highest BCUT2D eigenvalue weighted by molar-refractivity contribution is 6.09. The number of amides is 3. The van der Waals surface area contributed by atoms with Gasteiger partial charge in [0.05, 0.1) is 18.2 Å². The Morgan fingerprint density at radius 2 is 1.67 bits per heavy atom. The van der Waals surface area contributed by atoms with E-state index in [2.05, 4.69) is 5.32 Å². The summed E-state index contributed by atoms with van der Waals surface area (Å²) in [7, 11) is 0. The predicted octanol–water partition coefficient (Wildman–Crippen LogP) is 1.82. The van der Waals surface area contributed by atoms with Gasteiger partial charge in [-0.05, 0) is 45.0 Å². The van der Waals surface area contributed by atoms with Crippen LogP contribution in [0.1, 0.15) is 26.3 Å². The first-order valence-corrected chi connectivity index (χ1v) is 8.82. The second-order valence-electron chi connectivity index (χ2n) is 6.75. The van der Waals surface area contributed by atoms with E-state index < -0.39 is 11.3 Å². The lowest BCUT2D eigenvalue weighted by atomic mass is 9.89. The maximum atomic E-state index is 12.8. The van der Waals surface area contributed by atoms with Gasteiger partial charge in [0, 0.05) is 31.9 Å². The van der Waals surface area contributed by atoms with Crippen LogP contribution in [-0.4, -0.2) is 60.5 Å². The molecule has 2 rings (SSSR count). The summed E-state index contributed by atoms with van der Waals surface area (Å²) in [5, 5.41) is 11.5. The zero-order valence-electron chi connectivity index (χ0n) is 15.8. The van der Waals surface area contributed by atoms with Gasteiger partial charge in [-0.3, -0.25) is 9.59 Å². The standard InChI is InChI=1S/C19H24N4O4/c1-4-27-18(26)23-11-9-22(10-12-23)17(25)19(2,3)16(24)21-15-7-5-14(13-20)6-8-15/h5-8H,4,9-12H2,1-3H3,(H,21,24). The Labute approximate surface area is 158 Å². The molecule has 1 aliphatic rings. The average Bonchev–Trinajstić information content (AvgIpc) is 2.68. The Hall–Kier alpha value is -3.08. The first-order valence-electron chi connectivity index (χ1n) is 8.82. The van der Waals surface area contributed by atoms with Gasteiger partial charge >= 0.3 is 6.09 Å². The number of hydrogen-bond acceptors (Lipinski definition) is 5. The maximum absolute atomic E-state index is 12.8. The van der Waals surface area contributed by atoms with Crippen LogP contribution in [0.4, 0.5) is 10.5 Å². The molecule has 1 fully saturated rings. The first-order chi connectivity index (χ1) is 12.8. The summed E-state index contributed by atoms with van der Waals surface area (Å²) in [5.74, 6) is -0.720. The smallest absolute Gasteiger partial charge is 0.409 e. The SMILES string of the molecule is CCOC(=O)N1CCN(C(=O)C(C)(C)C(=O)Nc2ccc(C#N)cc2)CC1. The number of carbonyl (C=O) groups excluding carboxylic acids is 3. The number of nitrogens with one attached hydrogen (secondary N) is 1. The molecule has 1 heterocycles. The molecular formula is C19H24N4O4. The van der Waals surface area contributed by atoms with Crippen molar-refractivity contribution in [3.8, 4) is 6.07 Å². The second kappa shape index (κ2) is 8.54. The van der Waals surface area contributed by atoms with E-state index in [0.717, 1.165) is 0 Å². The lowest BCUT2D eigenvalue weighted by Gasteiger charge is -2.37. The number of carbonyl (C=O) groups is 3. The van der Waals surface area contributed by atoms with Crippen LogP contribution in [0.5, 0.6) is 0 Å². The Morgan fingerprint density at radius 3 is 2.19 bits per heavy atom. The number of hydrogen-bond donors (Lipinski definition) is 1.